The van der Waals surface area contributed by atoms with E-state index in [0.29, 0.717) is 13.2 Å². The van der Waals surface area contributed by atoms with Crippen LogP contribution in [0.15, 0.2) is 30.3 Å². The molecule has 0 amide bonds. The van der Waals surface area contributed by atoms with Crippen molar-refractivity contribution in [2.45, 2.75) is 20.8 Å². The van der Waals surface area contributed by atoms with E-state index in [0.717, 1.165) is 5.56 Å². The zero-order valence-electron chi connectivity index (χ0n) is 11.7. The lowest BCUT2D eigenvalue weighted by atomic mass is 10.1. The van der Waals surface area contributed by atoms with Crippen LogP contribution in [-0.4, -0.2) is 19.8 Å². The van der Waals surface area contributed by atoms with Crippen LogP contribution in [-0.2, 0) is 18.1 Å². The summed E-state index contributed by atoms with van der Waals surface area (Å²) in [5.41, 5.74) is 2.28. The molecule has 0 unspecified atom stereocenters. The highest BCUT2D eigenvalue weighted by atomic mass is 31.2. The summed E-state index contributed by atoms with van der Waals surface area (Å²) < 4.78 is 27.2. The van der Waals surface area contributed by atoms with Gasteiger partial charge in [0.25, 0.3) is 0 Å². The van der Waals surface area contributed by atoms with Crippen molar-refractivity contribution in [1.29, 1.82) is 0 Å². The first kappa shape index (κ1) is 16.1. The number of phosphoric acid groups is 1. The molecule has 4 nitrogen and oxygen atoms in total. The summed E-state index contributed by atoms with van der Waals surface area (Å²) in [7, 11) is -3.40. The van der Waals surface area contributed by atoms with Crippen molar-refractivity contribution in [2.24, 2.45) is 0 Å². The first-order chi connectivity index (χ1) is 9.09. The molecule has 0 aliphatic rings. The predicted molar refractivity (Wildman–Crippen MR) is 77.0 cm³/mol. The van der Waals surface area contributed by atoms with Gasteiger partial charge in [0.1, 0.15) is 0 Å². The normalized spacial score (nSPS) is 12.2. The molecule has 19 heavy (non-hydrogen) atoms. The number of phosphoric ester groups is 1. The van der Waals surface area contributed by atoms with Crippen LogP contribution >= 0.6 is 7.82 Å². The summed E-state index contributed by atoms with van der Waals surface area (Å²) in [5, 5.41) is 0. The molecule has 1 rings (SSSR count). The van der Waals surface area contributed by atoms with Crippen LogP contribution in [0.5, 0.6) is 0 Å². The Hall–Kier alpha value is -0.930. The Morgan fingerprint density at radius 1 is 1.05 bits per heavy atom. The number of aryl methyl sites for hydroxylation is 1. The van der Waals surface area contributed by atoms with Crippen molar-refractivity contribution < 1.29 is 18.1 Å². The SMILES string of the molecule is CCOP(=O)(OCC)OC/C=C/c1ccc(C)cc1. The Labute approximate surface area is 115 Å². The Bertz CT molecular complexity index is 429. The van der Waals surface area contributed by atoms with Crippen LogP contribution in [0.3, 0.4) is 0 Å². The van der Waals surface area contributed by atoms with Crippen LogP contribution in [0.1, 0.15) is 25.0 Å². The van der Waals surface area contributed by atoms with E-state index >= 15 is 0 Å². The lowest BCUT2D eigenvalue weighted by molar-refractivity contribution is 0.131. The molecule has 0 saturated heterocycles. The number of hydrogen-bond donors (Lipinski definition) is 0. The van der Waals surface area contributed by atoms with Gasteiger partial charge in [0.15, 0.2) is 0 Å². The third kappa shape index (κ3) is 6.17. The molecule has 0 radical (unpaired) electrons. The van der Waals surface area contributed by atoms with Gasteiger partial charge in [0.2, 0.25) is 0 Å². The second kappa shape index (κ2) is 8.28. The van der Waals surface area contributed by atoms with E-state index in [2.05, 4.69) is 0 Å². The fourth-order valence-electron chi connectivity index (χ4n) is 1.42. The second-order valence-electron chi connectivity index (χ2n) is 3.89. The van der Waals surface area contributed by atoms with E-state index < -0.39 is 7.82 Å². The zero-order valence-corrected chi connectivity index (χ0v) is 12.6. The molecule has 0 fully saturated rings. The molecule has 0 saturated carbocycles. The molecule has 0 spiro atoms. The molecule has 0 bridgehead atoms. The van der Waals surface area contributed by atoms with Crippen LogP contribution in [0, 0.1) is 6.92 Å². The highest BCUT2D eigenvalue weighted by Crippen LogP contribution is 2.49. The van der Waals surface area contributed by atoms with Gasteiger partial charge in [-0.3, -0.25) is 13.6 Å². The predicted octanol–water partition coefficient (Wildman–Crippen LogP) is 4.21. The minimum atomic E-state index is -3.40. The summed E-state index contributed by atoms with van der Waals surface area (Å²) in [6.45, 7) is 6.30. The first-order valence-corrected chi connectivity index (χ1v) is 7.82. The molecule has 0 aliphatic heterocycles. The third-order valence-electron chi connectivity index (χ3n) is 2.29. The lowest BCUT2D eigenvalue weighted by Crippen LogP contribution is -2.00. The monoisotopic (exact) mass is 284 g/mol. The van der Waals surface area contributed by atoms with E-state index in [-0.39, 0.29) is 6.61 Å². The van der Waals surface area contributed by atoms with Crippen molar-refractivity contribution in [2.75, 3.05) is 19.8 Å². The van der Waals surface area contributed by atoms with Crippen molar-refractivity contribution in [3.63, 3.8) is 0 Å². The maximum absolute atomic E-state index is 12.0. The van der Waals surface area contributed by atoms with Crippen LogP contribution in [0.2, 0.25) is 0 Å². The van der Waals surface area contributed by atoms with Gasteiger partial charge >= 0.3 is 7.82 Å². The van der Waals surface area contributed by atoms with E-state index in [1.807, 2.05) is 37.3 Å². The van der Waals surface area contributed by atoms with Gasteiger partial charge in [0, 0.05) is 0 Å². The zero-order chi connectivity index (χ0) is 14.1. The molecule has 106 valence electrons. The average Bonchev–Trinajstić information content (AvgIpc) is 2.37. The van der Waals surface area contributed by atoms with Gasteiger partial charge in [-0.05, 0) is 26.3 Å². The molecule has 0 N–H and O–H groups in total. The summed E-state index contributed by atoms with van der Waals surface area (Å²) >= 11 is 0. The van der Waals surface area contributed by atoms with E-state index in [1.54, 1.807) is 19.9 Å². The van der Waals surface area contributed by atoms with E-state index in [1.165, 1.54) is 5.56 Å². The van der Waals surface area contributed by atoms with Gasteiger partial charge < -0.3 is 0 Å². The molecule has 1 aromatic rings. The van der Waals surface area contributed by atoms with Crippen molar-refractivity contribution >= 4 is 13.9 Å². The van der Waals surface area contributed by atoms with Crippen molar-refractivity contribution in [3.05, 3.63) is 41.5 Å². The highest BCUT2D eigenvalue weighted by molar-refractivity contribution is 7.48. The number of benzene rings is 1. The smallest absolute Gasteiger partial charge is 0.287 e. The molecular weight excluding hydrogens is 263 g/mol. The highest BCUT2D eigenvalue weighted by Gasteiger charge is 2.24. The number of rotatable bonds is 8. The summed E-state index contributed by atoms with van der Waals surface area (Å²) in [4.78, 5) is 0. The van der Waals surface area contributed by atoms with E-state index in [4.69, 9.17) is 13.6 Å². The van der Waals surface area contributed by atoms with Gasteiger partial charge in [-0.2, -0.15) is 0 Å². The summed E-state index contributed by atoms with van der Waals surface area (Å²) in [6, 6.07) is 8.09. The quantitative estimate of drug-likeness (QED) is 0.671. The van der Waals surface area contributed by atoms with Crippen LogP contribution < -0.4 is 0 Å². The lowest BCUT2D eigenvalue weighted by Gasteiger charge is -2.14. The average molecular weight is 284 g/mol. The third-order valence-corrected chi connectivity index (χ3v) is 3.91. The van der Waals surface area contributed by atoms with Gasteiger partial charge in [-0.25, -0.2) is 4.57 Å². The maximum atomic E-state index is 12.0. The standard InChI is InChI=1S/C14H21O4P/c1-4-16-19(15,17-5-2)18-12-6-7-14-10-8-13(3)9-11-14/h6-11H,4-5,12H2,1-3H3/b7-6+. The van der Waals surface area contributed by atoms with Crippen molar-refractivity contribution in [3.8, 4) is 0 Å². The minimum absolute atomic E-state index is 0.186. The van der Waals surface area contributed by atoms with Gasteiger partial charge in [0.05, 0.1) is 19.8 Å². The minimum Gasteiger partial charge on any atom is -0.287 e. The fourth-order valence-corrected chi connectivity index (χ4v) is 2.55. The Morgan fingerprint density at radius 3 is 2.16 bits per heavy atom. The van der Waals surface area contributed by atoms with Gasteiger partial charge in [-0.15, -0.1) is 0 Å². The van der Waals surface area contributed by atoms with Gasteiger partial charge in [-0.1, -0.05) is 42.0 Å². The Morgan fingerprint density at radius 2 is 1.63 bits per heavy atom. The molecule has 0 aliphatic carbocycles. The largest absolute Gasteiger partial charge is 0.475 e. The topological polar surface area (TPSA) is 44.8 Å². The molecule has 0 atom stereocenters. The van der Waals surface area contributed by atoms with Crippen LogP contribution in [0.4, 0.5) is 0 Å². The summed E-state index contributed by atoms with van der Waals surface area (Å²) in [5.74, 6) is 0. The first-order valence-electron chi connectivity index (χ1n) is 6.36. The number of hydrogen-bond acceptors (Lipinski definition) is 4. The van der Waals surface area contributed by atoms with E-state index in [9.17, 15) is 4.57 Å². The molecule has 5 heteroatoms. The molecular formula is C14H21O4P. The maximum Gasteiger partial charge on any atom is 0.475 e. The van der Waals surface area contributed by atoms with Crippen LogP contribution in [0.25, 0.3) is 6.08 Å². The van der Waals surface area contributed by atoms with Crippen molar-refractivity contribution in [1.82, 2.24) is 0 Å². The summed E-state index contributed by atoms with van der Waals surface area (Å²) in [6.07, 6.45) is 3.69. The second-order valence-corrected chi connectivity index (χ2v) is 5.56. The fraction of sp³-hybridized carbons (Fsp3) is 0.429. The Balaban J connectivity index is 2.47. The molecule has 0 heterocycles. The molecule has 1 aromatic carbocycles. The Kier molecular flexibility index (Phi) is 7.03. The molecule has 0 aromatic heterocycles.